The van der Waals surface area contributed by atoms with Gasteiger partial charge in [0.05, 0.1) is 6.10 Å². The van der Waals surface area contributed by atoms with Crippen LogP contribution in [0, 0.1) is 5.41 Å². The lowest BCUT2D eigenvalue weighted by Crippen LogP contribution is -2.66. The second-order valence-electron chi connectivity index (χ2n) is 9.02. The van der Waals surface area contributed by atoms with Gasteiger partial charge in [0, 0.05) is 57.8 Å². The highest BCUT2D eigenvalue weighted by atomic mass is 19.4. The van der Waals surface area contributed by atoms with E-state index in [1.165, 1.54) is 24.0 Å². The number of carboxylic acids is 1. The Morgan fingerprint density at radius 1 is 1.12 bits per heavy atom. The van der Waals surface area contributed by atoms with Crippen LogP contribution in [0.15, 0.2) is 24.3 Å². The highest BCUT2D eigenvalue weighted by Gasteiger charge is 2.55. The number of piperidine rings is 1. The Bertz CT molecular complexity index is 748. The van der Waals surface area contributed by atoms with Crippen LogP contribution in [0.1, 0.15) is 30.4 Å². The molecule has 0 aromatic heterocycles. The second kappa shape index (κ2) is 11.6. The summed E-state index contributed by atoms with van der Waals surface area (Å²) in [6.07, 6.45) is -1.04. The quantitative estimate of drug-likeness (QED) is 0.504. The smallest absolute Gasteiger partial charge is 0.475 e. The first kappa shape index (κ1) is 25.9. The molecule has 3 aliphatic rings. The molecule has 4 rings (SSSR count). The number of benzene rings is 1. The van der Waals surface area contributed by atoms with Crippen molar-refractivity contribution < 1.29 is 27.8 Å². The van der Waals surface area contributed by atoms with Crippen LogP contribution in [0.2, 0.25) is 0 Å². The third-order valence-electron chi connectivity index (χ3n) is 7.04. The highest BCUT2D eigenvalue weighted by molar-refractivity contribution is 5.73. The number of nitrogens with zero attached hydrogens (tertiary/aromatic N) is 1. The fourth-order valence-electron chi connectivity index (χ4n) is 5.06. The highest BCUT2D eigenvalue weighted by Crippen LogP contribution is 2.49. The molecular formula is C23H35F3N4O3. The number of halogens is 3. The van der Waals surface area contributed by atoms with Gasteiger partial charge in [-0.3, -0.25) is 4.90 Å². The molecular weight excluding hydrogens is 437 g/mol. The van der Waals surface area contributed by atoms with E-state index in [4.69, 9.17) is 14.6 Å². The average molecular weight is 473 g/mol. The lowest BCUT2D eigenvalue weighted by atomic mass is 9.57. The minimum absolute atomic E-state index is 0.349. The Kier molecular flexibility index (Phi) is 9.11. The topological polar surface area (TPSA) is 85.9 Å². The van der Waals surface area contributed by atoms with Crippen LogP contribution in [-0.4, -0.2) is 80.7 Å². The van der Waals surface area contributed by atoms with E-state index >= 15 is 0 Å². The van der Waals surface area contributed by atoms with Crippen molar-refractivity contribution in [3.63, 3.8) is 0 Å². The van der Waals surface area contributed by atoms with Crippen molar-refractivity contribution in [3.8, 4) is 0 Å². The number of carboxylic acid groups (broad SMARTS) is 1. The number of piperazine rings is 1. The first-order valence-electron chi connectivity index (χ1n) is 11.5. The summed E-state index contributed by atoms with van der Waals surface area (Å²) in [5.74, 6) is -2.76. The van der Waals surface area contributed by atoms with E-state index < -0.39 is 12.1 Å². The molecule has 7 nitrogen and oxygen atoms in total. The Hall–Kier alpha value is -1.72. The molecule has 1 saturated carbocycles. The van der Waals surface area contributed by atoms with Crippen molar-refractivity contribution in [2.75, 3.05) is 46.4 Å². The van der Waals surface area contributed by atoms with Crippen LogP contribution in [-0.2, 0) is 22.6 Å². The molecule has 1 aromatic rings. The van der Waals surface area contributed by atoms with Crippen LogP contribution < -0.4 is 16.0 Å². The van der Waals surface area contributed by atoms with Crippen LogP contribution in [0.25, 0.3) is 0 Å². The molecule has 2 heterocycles. The Morgan fingerprint density at radius 3 is 2.21 bits per heavy atom. The van der Waals surface area contributed by atoms with Crippen molar-refractivity contribution >= 4 is 5.97 Å². The monoisotopic (exact) mass is 472 g/mol. The van der Waals surface area contributed by atoms with Gasteiger partial charge in [0.1, 0.15) is 0 Å². The van der Waals surface area contributed by atoms with Gasteiger partial charge in [0.15, 0.2) is 0 Å². The number of aliphatic carboxylic acids is 1. The predicted molar refractivity (Wildman–Crippen MR) is 119 cm³/mol. The van der Waals surface area contributed by atoms with Crippen molar-refractivity contribution in [1.82, 2.24) is 20.9 Å². The zero-order valence-electron chi connectivity index (χ0n) is 19.1. The molecule has 0 radical (unpaired) electrons. The molecule has 2 unspecified atom stereocenters. The minimum Gasteiger partial charge on any atom is -0.475 e. The first-order valence-corrected chi connectivity index (χ1v) is 11.5. The Labute approximate surface area is 193 Å². The van der Waals surface area contributed by atoms with Crippen molar-refractivity contribution in [3.05, 3.63) is 35.4 Å². The summed E-state index contributed by atoms with van der Waals surface area (Å²) in [6.45, 7) is 8.82. The number of methoxy groups -OCH3 is 1. The van der Waals surface area contributed by atoms with Crippen LogP contribution in [0.5, 0.6) is 0 Å². The molecule has 186 valence electrons. The summed E-state index contributed by atoms with van der Waals surface area (Å²) in [5.41, 5.74) is 3.16. The van der Waals surface area contributed by atoms with Gasteiger partial charge in [-0.05, 0) is 43.5 Å². The van der Waals surface area contributed by atoms with Gasteiger partial charge in [-0.25, -0.2) is 4.79 Å². The van der Waals surface area contributed by atoms with E-state index in [2.05, 4.69) is 45.1 Å². The third kappa shape index (κ3) is 6.89. The van der Waals surface area contributed by atoms with E-state index in [0.717, 1.165) is 58.8 Å². The molecule has 1 aromatic carbocycles. The van der Waals surface area contributed by atoms with Gasteiger partial charge in [0.25, 0.3) is 0 Å². The van der Waals surface area contributed by atoms with E-state index in [-0.39, 0.29) is 0 Å². The Morgan fingerprint density at radius 2 is 1.67 bits per heavy atom. The molecule has 2 saturated heterocycles. The Balaban J connectivity index is 0.000000383. The lowest BCUT2D eigenvalue weighted by molar-refractivity contribution is -0.192. The number of carbonyl (C=O) groups is 1. The first-order chi connectivity index (χ1) is 15.7. The fraction of sp³-hybridized carbons (Fsp3) is 0.696. The van der Waals surface area contributed by atoms with Crippen LogP contribution in [0.4, 0.5) is 13.2 Å². The molecule has 4 N–H and O–H groups in total. The fourth-order valence-corrected chi connectivity index (χ4v) is 5.06. The van der Waals surface area contributed by atoms with Gasteiger partial charge in [-0.1, -0.05) is 24.3 Å². The normalized spacial score (nSPS) is 25.1. The number of nitrogens with one attached hydrogen (secondary N) is 3. The lowest BCUT2D eigenvalue weighted by Gasteiger charge is -2.57. The van der Waals surface area contributed by atoms with E-state index in [1.807, 2.05) is 7.11 Å². The van der Waals surface area contributed by atoms with E-state index in [0.29, 0.717) is 17.6 Å². The number of ether oxygens (including phenoxy) is 1. The zero-order chi connectivity index (χ0) is 23.9. The summed E-state index contributed by atoms with van der Waals surface area (Å²) < 4.78 is 37.5. The maximum Gasteiger partial charge on any atom is 0.490 e. The van der Waals surface area contributed by atoms with Crippen LogP contribution in [0.3, 0.4) is 0 Å². The maximum atomic E-state index is 10.6. The van der Waals surface area contributed by atoms with Gasteiger partial charge in [-0.2, -0.15) is 13.2 Å². The summed E-state index contributed by atoms with van der Waals surface area (Å²) >= 11 is 0. The number of hydrogen-bond acceptors (Lipinski definition) is 6. The number of rotatable bonds is 6. The predicted octanol–water partition coefficient (Wildman–Crippen LogP) is 1.97. The van der Waals surface area contributed by atoms with Crippen molar-refractivity contribution in [1.29, 1.82) is 0 Å². The largest absolute Gasteiger partial charge is 0.490 e. The molecule has 1 aliphatic carbocycles. The number of alkyl halides is 3. The molecule has 10 heteroatoms. The minimum atomic E-state index is -5.08. The SMILES string of the molecule is COC1CC(NCc2ccc(CN3CCNCC3)cc2)C12CCNCC2.O=C(O)C(F)(F)F. The zero-order valence-corrected chi connectivity index (χ0v) is 19.1. The standard InChI is InChI=1S/C21H34N4O.C2HF3O2/c1-26-20-14-19(21(20)6-8-22-9-7-21)24-15-17-2-4-18(5-3-17)16-25-12-10-23-11-13-25;3-2(4,5)1(6)7/h2-5,19-20,22-24H,6-16H2,1H3;(H,6,7). The maximum absolute atomic E-state index is 10.6. The average Bonchev–Trinajstić information content (AvgIpc) is 2.80. The van der Waals surface area contributed by atoms with Crippen molar-refractivity contribution in [2.45, 2.75) is 50.7 Å². The molecule has 3 fully saturated rings. The van der Waals surface area contributed by atoms with Crippen molar-refractivity contribution in [2.24, 2.45) is 5.41 Å². The van der Waals surface area contributed by atoms with Gasteiger partial charge in [-0.15, -0.1) is 0 Å². The number of hydrogen-bond donors (Lipinski definition) is 4. The summed E-state index contributed by atoms with van der Waals surface area (Å²) in [4.78, 5) is 11.4. The molecule has 1 spiro atoms. The summed E-state index contributed by atoms with van der Waals surface area (Å²) in [6, 6.07) is 9.80. The second-order valence-corrected chi connectivity index (χ2v) is 9.02. The molecule has 0 bridgehead atoms. The van der Waals surface area contributed by atoms with Gasteiger partial charge < -0.3 is 25.8 Å². The molecule has 33 heavy (non-hydrogen) atoms. The molecule has 0 amide bonds. The summed E-state index contributed by atoms with van der Waals surface area (Å²) in [5, 5.41) is 17.9. The van der Waals surface area contributed by atoms with Crippen LogP contribution >= 0.6 is 0 Å². The van der Waals surface area contributed by atoms with E-state index in [9.17, 15) is 13.2 Å². The molecule has 2 aliphatic heterocycles. The molecule has 2 atom stereocenters. The third-order valence-corrected chi connectivity index (χ3v) is 7.04. The van der Waals surface area contributed by atoms with E-state index in [1.54, 1.807) is 0 Å². The summed E-state index contributed by atoms with van der Waals surface area (Å²) in [7, 11) is 1.88. The van der Waals surface area contributed by atoms with Gasteiger partial charge in [0.2, 0.25) is 0 Å². The van der Waals surface area contributed by atoms with Gasteiger partial charge >= 0.3 is 12.1 Å².